The summed E-state index contributed by atoms with van der Waals surface area (Å²) in [6.45, 7) is 3.29. The van der Waals surface area contributed by atoms with E-state index in [1.807, 2.05) is 25.1 Å². The van der Waals surface area contributed by atoms with E-state index in [2.05, 4.69) is 15.3 Å². The summed E-state index contributed by atoms with van der Waals surface area (Å²) in [5.74, 6) is -0.222. The van der Waals surface area contributed by atoms with Crippen molar-refractivity contribution in [1.82, 2.24) is 24.8 Å². The summed E-state index contributed by atoms with van der Waals surface area (Å²) < 4.78 is 16.1. The van der Waals surface area contributed by atoms with Crippen LogP contribution in [0.4, 0.5) is 4.39 Å². The van der Waals surface area contributed by atoms with Crippen molar-refractivity contribution in [3.05, 3.63) is 82.8 Å². The van der Waals surface area contributed by atoms with Gasteiger partial charge in [-0.1, -0.05) is 29.8 Å². The maximum Gasteiger partial charge on any atom is 0.243 e. The monoisotopic (exact) mass is 559 g/mol. The van der Waals surface area contributed by atoms with E-state index in [0.717, 1.165) is 28.5 Å². The summed E-state index contributed by atoms with van der Waals surface area (Å²) in [5.41, 5.74) is 3.25. The lowest BCUT2D eigenvalue weighted by atomic mass is 10.0. The molecule has 2 fully saturated rings. The van der Waals surface area contributed by atoms with Crippen molar-refractivity contribution < 1.29 is 18.8 Å². The van der Waals surface area contributed by atoms with Gasteiger partial charge in [-0.05, 0) is 56.4 Å². The fourth-order valence-electron chi connectivity index (χ4n) is 5.69. The smallest absolute Gasteiger partial charge is 0.243 e. The molecule has 6 rings (SSSR count). The summed E-state index contributed by atoms with van der Waals surface area (Å²) in [6.07, 6.45) is 6.63. The topological polar surface area (TPSA) is 97.2 Å². The van der Waals surface area contributed by atoms with Gasteiger partial charge in [0, 0.05) is 58.8 Å². The van der Waals surface area contributed by atoms with Crippen LogP contribution in [0.15, 0.2) is 55.0 Å². The number of amides is 2. The molecule has 2 aliphatic rings. The van der Waals surface area contributed by atoms with Crippen molar-refractivity contribution in [3.63, 3.8) is 0 Å². The zero-order valence-electron chi connectivity index (χ0n) is 22.0. The number of carbonyl (C=O) groups excluding carboxylic acids is 3. The zero-order chi connectivity index (χ0) is 28.1. The Labute approximate surface area is 235 Å². The number of fused-ring (bicyclic) bond motifs is 2. The van der Waals surface area contributed by atoms with Crippen LogP contribution < -0.4 is 5.32 Å². The molecule has 1 aliphatic heterocycles. The number of nitrogens with zero attached hydrogens (tertiary/aromatic N) is 4. The van der Waals surface area contributed by atoms with E-state index in [-0.39, 0.29) is 53.2 Å². The summed E-state index contributed by atoms with van der Waals surface area (Å²) in [5, 5.41) is 3.51. The molecular formula is C30H27ClFN5O3. The number of ketones is 1. The van der Waals surface area contributed by atoms with Crippen molar-refractivity contribution in [2.75, 3.05) is 0 Å². The Hall–Kier alpha value is -4.11. The Balaban J connectivity index is 1.23. The van der Waals surface area contributed by atoms with Crippen LogP contribution in [0, 0.1) is 18.7 Å². The molecule has 1 unspecified atom stereocenters. The second kappa shape index (κ2) is 10.1. The SMILES string of the molecule is CC(=O)c1cn(CC(=O)N2C(C(=O)NCc3cccc(Cl)c3F)C[C@H]3C[C@H]32)c2ccc(-c3cnc(C)nc3)cc12. The third kappa shape index (κ3) is 4.75. The van der Waals surface area contributed by atoms with Gasteiger partial charge in [-0.3, -0.25) is 14.4 Å². The molecule has 3 heterocycles. The first kappa shape index (κ1) is 26.1. The van der Waals surface area contributed by atoms with Gasteiger partial charge in [-0.15, -0.1) is 0 Å². The minimum atomic E-state index is -0.624. The molecule has 10 heteroatoms. The van der Waals surface area contributed by atoms with E-state index >= 15 is 0 Å². The van der Waals surface area contributed by atoms with Crippen LogP contribution in [0.25, 0.3) is 22.0 Å². The lowest BCUT2D eigenvalue weighted by Gasteiger charge is -2.27. The van der Waals surface area contributed by atoms with Crippen LogP contribution in [0.3, 0.4) is 0 Å². The summed E-state index contributed by atoms with van der Waals surface area (Å²) in [4.78, 5) is 49.5. The number of benzene rings is 2. The molecule has 1 saturated carbocycles. The number of halogens is 2. The first-order chi connectivity index (χ1) is 19.2. The lowest BCUT2D eigenvalue weighted by Crippen LogP contribution is -2.48. The normalized spacial score (nSPS) is 19.5. The number of likely N-dealkylation sites (tertiary alicyclic amines) is 1. The number of aromatic nitrogens is 3. The summed E-state index contributed by atoms with van der Waals surface area (Å²) in [6, 6.07) is 9.76. The number of carbonyl (C=O) groups is 3. The number of Topliss-reactive ketones (excluding diaryl/α,β-unsaturated/α-hetero) is 1. The van der Waals surface area contributed by atoms with Gasteiger partial charge in [-0.2, -0.15) is 0 Å². The van der Waals surface area contributed by atoms with Gasteiger partial charge in [0.1, 0.15) is 24.2 Å². The highest BCUT2D eigenvalue weighted by atomic mass is 35.5. The predicted octanol–water partition coefficient (Wildman–Crippen LogP) is 4.71. The Morgan fingerprint density at radius 3 is 2.62 bits per heavy atom. The van der Waals surface area contributed by atoms with Crippen LogP contribution in [-0.2, 0) is 22.7 Å². The van der Waals surface area contributed by atoms with Gasteiger partial charge in [-0.25, -0.2) is 14.4 Å². The van der Waals surface area contributed by atoms with Crippen molar-refractivity contribution in [1.29, 1.82) is 0 Å². The van der Waals surface area contributed by atoms with E-state index in [1.165, 1.54) is 13.0 Å². The number of piperidine rings is 1. The van der Waals surface area contributed by atoms with Gasteiger partial charge in [0.2, 0.25) is 11.8 Å². The molecule has 1 saturated heterocycles. The average Bonchev–Trinajstić information content (AvgIpc) is 3.44. The fraction of sp³-hybridized carbons (Fsp3) is 0.300. The van der Waals surface area contributed by atoms with Gasteiger partial charge in [0.15, 0.2) is 5.78 Å². The summed E-state index contributed by atoms with van der Waals surface area (Å²) >= 11 is 5.86. The highest BCUT2D eigenvalue weighted by Crippen LogP contribution is 2.48. The van der Waals surface area contributed by atoms with E-state index in [9.17, 15) is 18.8 Å². The van der Waals surface area contributed by atoms with Crippen LogP contribution in [0.1, 0.15) is 41.5 Å². The Morgan fingerprint density at radius 1 is 1.10 bits per heavy atom. The number of nitrogens with one attached hydrogen (secondary N) is 1. The quantitative estimate of drug-likeness (QED) is 0.331. The zero-order valence-corrected chi connectivity index (χ0v) is 22.8. The van der Waals surface area contributed by atoms with Gasteiger partial charge < -0.3 is 14.8 Å². The summed E-state index contributed by atoms with van der Waals surface area (Å²) in [7, 11) is 0. The molecule has 0 bridgehead atoms. The molecule has 2 aromatic carbocycles. The fourth-order valence-corrected chi connectivity index (χ4v) is 5.89. The molecule has 2 amide bonds. The molecule has 1 N–H and O–H groups in total. The van der Waals surface area contributed by atoms with Gasteiger partial charge in [0.25, 0.3) is 0 Å². The van der Waals surface area contributed by atoms with Gasteiger partial charge >= 0.3 is 0 Å². The van der Waals surface area contributed by atoms with Crippen molar-refractivity contribution in [2.45, 2.75) is 51.9 Å². The molecule has 8 nitrogen and oxygen atoms in total. The van der Waals surface area contributed by atoms with Crippen LogP contribution in [-0.4, -0.2) is 49.1 Å². The molecule has 1 aliphatic carbocycles. The second-order valence-corrected chi connectivity index (χ2v) is 10.9. The molecule has 40 heavy (non-hydrogen) atoms. The van der Waals surface area contributed by atoms with Crippen LogP contribution >= 0.6 is 11.6 Å². The number of hydrogen-bond acceptors (Lipinski definition) is 5. The second-order valence-electron chi connectivity index (χ2n) is 10.5. The lowest BCUT2D eigenvalue weighted by molar-refractivity contribution is -0.140. The van der Waals surface area contributed by atoms with Crippen molar-refractivity contribution in [3.8, 4) is 11.1 Å². The first-order valence-corrected chi connectivity index (χ1v) is 13.5. The molecule has 2 aromatic heterocycles. The van der Waals surface area contributed by atoms with E-state index < -0.39 is 11.9 Å². The van der Waals surface area contributed by atoms with E-state index in [1.54, 1.807) is 40.2 Å². The standard InChI is InChI=1S/C30H27ClFN5O3/c1-16(38)23-14-36(25-7-6-18(8-22(23)25)21-12-33-17(2)34-13-21)15-28(39)37-26-9-20(26)10-27(37)30(40)35-11-19-4-3-5-24(31)29(19)32/h3-8,12-14,20,26-27H,9-11,15H2,1-2H3,(H,35,40)/t20-,26-,27?/m1/s1. The minimum Gasteiger partial charge on any atom is -0.350 e. The Morgan fingerprint density at radius 2 is 1.88 bits per heavy atom. The molecule has 0 radical (unpaired) electrons. The Bertz CT molecular complexity index is 1670. The minimum absolute atomic E-state index is 0.00568. The molecule has 3 atom stereocenters. The first-order valence-electron chi connectivity index (χ1n) is 13.2. The van der Waals surface area contributed by atoms with Crippen molar-refractivity contribution >= 4 is 40.1 Å². The molecule has 0 spiro atoms. The highest BCUT2D eigenvalue weighted by Gasteiger charge is 2.55. The molecule has 4 aromatic rings. The van der Waals surface area contributed by atoms with Crippen LogP contribution in [0.5, 0.6) is 0 Å². The number of hydrogen-bond donors (Lipinski definition) is 1. The average molecular weight is 560 g/mol. The largest absolute Gasteiger partial charge is 0.350 e. The molecular weight excluding hydrogens is 533 g/mol. The predicted molar refractivity (Wildman–Crippen MR) is 148 cm³/mol. The highest BCUT2D eigenvalue weighted by molar-refractivity contribution is 6.30. The van der Waals surface area contributed by atoms with Gasteiger partial charge in [0.05, 0.1) is 5.02 Å². The maximum atomic E-state index is 14.3. The maximum absolute atomic E-state index is 14.3. The molecule has 204 valence electrons. The van der Waals surface area contributed by atoms with E-state index in [4.69, 9.17) is 11.6 Å². The third-order valence-corrected chi connectivity index (χ3v) is 8.15. The number of rotatable bonds is 7. The van der Waals surface area contributed by atoms with Crippen LogP contribution in [0.2, 0.25) is 5.02 Å². The third-order valence-electron chi connectivity index (χ3n) is 7.86. The van der Waals surface area contributed by atoms with Crippen molar-refractivity contribution in [2.24, 2.45) is 5.92 Å². The Kier molecular flexibility index (Phi) is 6.62. The van der Waals surface area contributed by atoms with E-state index in [0.29, 0.717) is 17.8 Å². The number of aryl methyl sites for hydroxylation is 1.